The van der Waals surface area contributed by atoms with E-state index in [1.165, 1.54) is 0 Å². The molecule has 12 heavy (non-hydrogen) atoms. The standard InChI is InChI=1S/C11H16O/c1-3-4-5-6-10-9(2)7-8-11(10)12/h4-5,7-10H,3,6H2,1-2H3. The Hall–Kier alpha value is -0.850. The van der Waals surface area contributed by atoms with E-state index in [0.29, 0.717) is 11.7 Å². The monoisotopic (exact) mass is 164 g/mol. The normalized spacial score (nSPS) is 29.0. The Kier molecular flexibility index (Phi) is 3.27. The summed E-state index contributed by atoms with van der Waals surface area (Å²) in [6, 6.07) is 0. The fourth-order valence-electron chi connectivity index (χ4n) is 1.50. The van der Waals surface area contributed by atoms with Gasteiger partial charge in [0.15, 0.2) is 5.78 Å². The van der Waals surface area contributed by atoms with Crippen LogP contribution in [0.2, 0.25) is 0 Å². The summed E-state index contributed by atoms with van der Waals surface area (Å²) < 4.78 is 0. The van der Waals surface area contributed by atoms with Crippen LogP contribution in [0.15, 0.2) is 24.3 Å². The van der Waals surface area contributed by atoms with Crippen molar-refractivity contribution in [2.45, 2.75) is 26.7 Å². The van der Waals surface area contributed by atoms with E-state index in [9.17, 15) is 4.79 Å². The third-order valence-corrected chi connectivity index (χ3v) is 2.36. The van der Waals surface area contributed by atoms with Crippen LogP contribution >= 0.6 is 0 Å². The van der Waals surface area contributed by atoms with Crippen LogP contribution in [0.4, 0.5) is 0 Å². The number of rotatable bonds is 3. The van der Waals surface area contributed by atoms with E-state index in [-0.39, 0.29) is 5.92 Å². The second kappa shape index (κ2) is 4.24. The lowest BCUT2D eigenvalue weighted by Crippen LogP contribution is -2.12. The lowest BCUT2D eigenvalue weighted by atomic mass is 9.93. The van der Waals surface area contributed by atoms with Crippen LogP contribution in [0.1, 0.15) is 26.7 Å². The predicted octanol–water partition coefficient (Wildman–Crippen LogP) is 2.73. The third kappa shape index (κ3) is 2.07. The molecule has 0 saturated carbocycles. The summed E-state index contributed by atoms with van der Waals surface area (Å²) in [7, 11) is 0. The van der Waals surface area contributed by atoms with E-state index in [2.05, 4.69) is 26.0 Å². The minimum absolute atomic E-state index is 0.216. The Morgan fingerprint density at radius 1 is 1.50 bits per heavy atom. The molecule has 0 aromatic heterocycles. The molecule has 1 heteroatoms. The Balaban J connectivity index is 2.42. The van der Waals surface area contributed by atoms with Gasteiger partial charge in [-0.15, -0.1) is 0 Å². The minimum Gasteiger partial charge on any atom is -0.295 e. The van der Waals surface area contributed by atoms with Crippen molar-refractivity contribution >= 4 is 5.78 Å². The topological polar surface area (TPSA) is 17.1 Å². The first-order valence-corrected chi connectivity index (χ1v) is 4.62. The van der Waals surface area contributed by atoms with E-state index >= 15 is 0 Å². The zero-order chi connectivity index (χ0) is 8.97. The van der Waals surface area contributed by atoms with Gasteiger partial charge >= 0.3 is 0 Å². The molecule has 0 N–H and O–H groups in total. The fourth-order valence-corrected chi connectivity index (χ4v) is 1.50. The molecular weight excluding hydrogens is 148 g/mol. The third-order valence-electron chi connectivity index (χ3n) is 2.36. The second-order valence-electron chi connectivity index (χ2n) is 3.34. The summed E-state index contributed by atoms with van der Waals surface area (Å²) in [4.78, 5) is 11.3. The van der Waals surface area contributed by atoms with E-state index in [0.717, 1.165) is 12.8 Å². The molecule has 0 saturated heterocycles. The average Bonchev–Trinajstić information content (AvgIpc) is 2.35. The number of carbonyl (C=O) groups excluding carboxylic acids is 1. The number of carbonyl (C=O) groups is 1. The highest BCUT2D eigenvalue weighted by Crippen LogP contribution is 2.24. The van der Waals surface area contributed by atoms with Gasteiger partial charge in [0.05, 0.1) is 0 Å². The number of hydrogen-bond donors (Lipinski definition) is 0. The van der Waals surface area contributed by atoms with Crippen molar-refractivity contribution in [2.75, 3.05) is 0 Å². The molecule has 1 rings (SSSR count). The first kappa shape index (κ1) is 9.24. The summed E-state index contributed by atoms with van der Waals surface area (Å²) in [6.07, 6.45) is 9.93. The minimum atomic E-state index is 0.216. The molecule has 0 bridgehead atoms. The highest BCUT2D eigenvalue weighted by Gasteiger charge is 2.24. The number of allylic oxidation sites excluding steroid dienone is 4. The van der Waals surface area contributed by atoms with E-state index < -0.39 is 0 Å². The van der Waals surface area contributed by atoms with Crippen LogP contribution in [0, 0.1) is 11.8 Å². The maximum absolute atomic E-state index is 11.3. The molecule has 66 valence electrons. The molecule has 2 atom stereocenters. The summed E-state index contributed by atoms with van der Waals surface area (Å²) in [6.45, 7) is 4.21. The number of hydrogen-bond acceptors (Lipinski definition) is 1. The molecule has 0 fully saturated rings. The van der Waals surface area contributed by atoms with Gasteiger partial charge in [0.1, 0.15) is 0 Å². The average molecular weight is 164 g/mol. The van der Waals surface area contributed by atoms with Crippen LogP contribution in [-0.2, 0) is 4.79 Å². The first-order valence-electron chi connectivity index (χ1n) is 4.62. The quantitative estimate of drug-likeness (QED) is 0.586. The van der Waals surface area contributed by atoms with Crippen molar-refractivity contribution in [1.29, 1.82) is 0 Å². The van der Waals surface area contributed by atoms with Gasteiger partial charge in [0.2, 0.25) is 0 Å². The van der Waals surface area contributed by atoms with Crippen molar-refractivity contribution < 1.29 is 4.79 Å². The molecule has 0 aliphatic heterocycles. The van der Waals surface area contributed by atoms with Gasteiger partial charge < -0.3 is 0 Å². The smallest absolute Gasteiger partial charge is 0.159 e. The highest BCUT2D eigenvalue weighted by molar-refractivity contribution is 5.94. The Morgan fingerprint density at radius 3 is 2.75 bits per heavy atom. The SMILES string of the molecule is CCC=CCC1C(=O)C=CC1C. The molecule has 1 aliphatic carbocycles. The van der Waals surface area contributed by atoms with E-state index in [1.54, 1.807) is 6.08 Å². The molecule has 2 unspecified atom stereocenters. The second-order valence-corrected chi connectivity index (χ2v) is 3.34. The van der Waals surface area contributed by atoms with Gasteiger partial charge in [-0.2, -0.15) is 0 Å². The van der Waals surface area contributed by atoms with Gasteiger partial charge in [0, 0.05) is 5.92 Å². The van der Waals surface area contributed by atoms with Crippen molar-refractivity contribution in [3.8, 4) is 0 Å². The zero-order valence-corrected chi connectivity index (χ0v) is 7.79. The van der Waals surface area contributed by atoms with E-state index in [4.69, 9.17) is 0 Å². The van der Waals surface area contributed by atoms with Crippen molar-refractivity contribution in [3.63, 3.8) is 0 Å². The summed E-state index contributed by atoms with van der Waals surface area (Å²) >= 11 is 0. The van der Waals surface area contributed by atoms with Gasteiger partial charge in [-0.05, 0) is 24.8 Å². The Bertz CT molecular complexity index is 213. The molecule has 1 aliphatic rings. The molecule has 0 amide bonds. The molecular formula is C11H16O. The Morgan fingerprint density at radius 2 is 2.25 bits per heavy atom. The molecule has 0 spiro atoms. The molecule has 1 nitrogen and oxygen atoms in total. The van der Waals surface area contributed by atoms with Gasteiger partial charge in [-0.25, -0.2) is 0 Å². The fraction of sp³-hybridized carbons (Fsp3) is 0.545. The highest BCUT2D eigenvalue weighted by atomic mass is 16.1. The predicted molar refractivity (Wildman–Crippen MR) is 50.8 cm³/mol. The summed E-state index contributed by atoms with van der Waals surface area (Å²) in [5.41, 5.74) is 0. The van der Waals surface area contributed by atoms with Crippen molar-refractivity contribution in [2.24, 2.45) is 11.8 Å². The van der Waals surface area contributed by atoms with Gasteiger partial charge in [0.25, 0.3) is 0 Å². The zero-order valence-electron chi connectivity index (χ0n) is 7.79. The Labute approximate surface area is 74.2 Å². The van der Waals surface area contributed by atoms with Crippen molar-refractivity contribution in [3.05, 3.63) is 24.3 Å². The van der Waals surface area contributed by atoms with Crippen LogP contribution in [0.25, 0.3) is 0 Å². The maximum Gasteiger partial charge on any atom is 0.159 e. The van der Waals surface area contributed by atoms with Crippen LogP contribution in [0.3, 0.4) is 0 Å². The molecule has 0 aromatic rings. The molecule has 0 radical (unpaired) electrons. The number of ketones is 1. The van der Waals surface area contributed by atoms with Crippen LogP contribution in [0.5, 0.6) is 0 Å². The maximum atomic E-state index is 11.3. The molecule has 0 aromatic carbocycles. The lowest BCUT2D eigenvalue weighted by Gasteiger charge is -2.10. The lowest BCUT2D eigenvalue weighted by molar-refractivity contribution is -0.118. The largest absolute Gasteiger partial charge is 0.295 e. The summed E-state index contributed by atoms with van der Waals surface area (Å²) in [5, 5.41) is 0. The van der Waals surface area contributed by atoms with E-state index in [1.807, 2.05) is 6.08 Å². The van der Waals surface area contributed by atoms with Crippen LogP contribution in [-0.4, -0.2) is 5.78 Å². The first-order chi connectivity index (χ1) is 5.75. The van der Waals surface area contributed by atoms with Gasteiger partial charge in [-0.3, -0.25) is 4.79 Å². The van der Waals surface area contributed by atoms with Crippen LogP contribution < -0.4 is 0 Å². The molecule has 0 heterocycles. The summed E-state index contributed by atoms with van der Waals surface area (Å²) in [5.74, 6) is 0.940. The van der Waals surface area contributed by atoms with Gasteiger partial charge in [-0.1, -0.05) is 32.1 Å². The van der Waals surface area contributed by atoms with Crippen molar-refractivity contribution in [1.82, 2.24) is 0 Å².